The summed E-state index contributed by atoms with van der Waals surface area (Å²) in [5.41, 5.74) is 4.33. The Labute approximate surface area is 166 Å². The number of ketones is 1. The van der Waals surface area contributed by atoms with Crippen molar-refractivity contribution in [1.82, 2.24) is 9.97 Å². The highest BCUT2D eigenvalue weighted by Gasteiger charge is 2.20. The van der Waals surface area contributed by atoms with Gasteiger partial charge in [0.25, 0.3) is 0 Å². The predicted octanol–water partition coefficient (Wildman–Crippen LogP) is 5.85. The van der Waals surface area contributed by atoms with Crippen molar-refractivity contribution in [2.45, 2.75) is 26.2 Å². The van der Waals surface area contributed by atoms with Crippen molar-refractivity contribution in [1.29, 1.82) is 0 Å². The molecule has 0 bridgehead atoms. The molecule has 0 radical (unpaired) electrons. The quantitative estimate of drug-likeness (QED) is 0.305. The number of hydrogen-bond donors (Lipinski definition) is 1. The highest BCUT2D eigenvalue weighted by molar-refractivity contribution is 14.1. The number of fused-ring (bicyclic) bond motifs is 3. The van der Waals surface area contributed by atoms with E-state index >= 15 is 0 Å². The van der Waals surface area contributed by atoms with Gasteiger partial charge in [0.05, 0.1) is 5.52 Å². The van der Waals surface area contributed by atoms with Crippen LogP contribution < -0.4 is 0 Å². The largest absolute Gasteiger partial charge is 0.353 e. The lowest BCUT2D eigenvalue weighted by Gasteiger charge is -2.18. The first-order valence-electron chi connectivity index (χ1n) is 8.56. The number of rotatable bonds is 2. The SMILES string of the molecule is CC(C)(C)c1ccc2[nH]c3c(C(=O)c4ccccc4I)nccc3c2c1. The van der Waals surface area contributed by atoms with Crippen LogP contribution >= 0.6 is 22.6 Å². The lowest BCUT2D eigenvalue weighted by Crippen LogP contribution is -2.10. The second-order valence-electron chi connectivity index (χ2n) is 7.53. The van der Waals surface area contributed by atoms with Crippen molar-refractivity contribution in [3.8, 4) is 0 Å². The van der Waals surface area contributed by atoms with Gasteiger partial charge in [0.15, 0.2) is 0 Å². The first kappa shape index (κ1) is 17.2. The molecule has 0 atom stereocenters. The molecular formula is C22H19IN2O. The maximum absolute atomic E-state index is 13.1. The number of carbonyl (C=O) groups excluding carboxylic acids is 1. The van der Waals surface area contributed by atoms with Gasteiger partial charge in [0.1, 0.15) is 5.69 Å². The number of hydrogen-bond acceptors (Lipinski definition) is 2. The molecule has 1 N–H and O–H groups in total. The van der Waals surface area contributed by atoms with Crippen LogP contribution in [-0.2, 0) is 5.41 Å². The molecule has 26 heavy (non-hydrogen) atoms. The zero-order chi connectivity index (χ0) is 18.5. The first-order chi connectivity index (χ1) is 12.4. The van der Waals surface area contributed by atoms with Gasteiger partial charge in [-0.1, -0.05) is 39.0 Å². The Morgan fingerprint density at radius 2 is 1.81 bits per heavy atom. The van der Waals surface area contributed by atoms with E-state index in [1.165, 1.54) is 5.56 Å². The summed E-state index contributed by atoms with van der Waals surface area (Å²) >= 11 is 2.19. The lowest BCUT2D eigenvalue weighted by molar-refractivity contribution is 0.103. The van der Waals surface area contributed by atoms with Crippen LogP contribution in [-0.4, -0.2) is 15.8 Å². The molecule has 2 aromatic heterocycles. The molecule has 0 aliphatic rings. The van der Waals surface area contributed by atoms with E-state index in [1.807, 2.05) is 30.3 Å². The zero-order valence-corrected chi connectivity index (χ0v) is 17.1. The van der Waals surface area contributed by atoms with Crippen molar-refractivity contribution in [3.63, 3.8) is 0 Å². The molecule has 2 aromatic carbocycles. The fourth-order valence-electron chi connectivity index (χ4n) is 3.24. The molecule has 0 aliphatic carbocycles. The van der Waals surface area contributed by atoms with Crippen LogP contribution in [0.25, 0.3) is 21.8 Å². The van der Waals surface area contributed by atoms with Gasteiger partial charge in [0, 0.05) is 31.6 Å². The zero-order valence-electron chi connectivity index (χ0n) is 14.9. The van der Waals surface area contributed by atoms with Crippen LogP contribution in [0.2, 0.25) is 0 Å². The van der Waals surface area contributed by atoms with Gasteiger partial charge >= 0.3 is 0 Å². The Kier molecular flexibility index (Phi) is 4.10. The van der Waals surface area contributed by atoms with E-state index in [0.717, 1.165) is 25.4 Å². The average molecular weight is 454 g/mol. The predicted molar refractivity (Wildman–Crippen MR) is 115 cm³/mol. The number of aromatic nitrogens is 2. The van der Waals surface area contributed by atoms with Gasteiger partial charge in [-0.05, 0) is 63.9 Å². The summed E-state index contributed by atoms with van der Waals surface area (Å²) in [7, 11) is 0. The standard InChI is InChI=1S/C22H19IN2O/c1-22(2,3)13-8-9-18-16(12-13)14-10-11-24-20(19(14)25-18)21(26)15-6-4-5-7-17(15)23/h4-12,25H,1-3H3. The summed E-state index contributed by atoms with van der Waals surface area (Å²) in [4.78, 5) is 20.9. The van der Waals surface area contributed by atoms with E-state index in [4.69, 9.17) is 0 Å². The molecule has 0 amide bonds. The topological polar surface area (TPSA) is 45.8 Å². The van der Waals surface area contributed by atoms with E-state index in [0.29, 0.717) is 11.3 Å². The summed E-state index contributed by atoms with van der Waals surface area (Å²) in [5.74, 6) is -0.0526. The number of halogens is 1. The molecule has 4 rings (SSSR count). The Balaban J connectivity index is 1.95. The van der Waals surface area contributed by atoms with Crippen LogP contribution in [0, 0.1) is 3.57 Å². The number of pyridine rings is 1. The van der Waals surface area contributed by atoms with Crippen LogP contribution in [0.15, 0.2) is 54.7 Å². The van der Waals surface area contributed by atoms with Crippen molar-refractivity contribution >= 4 is 50.2 Å². The van der Waals surface area contributed by atoms with Gasteiger partial charge in [0.2, 0.25) is 5.78 Å². The Bertz CT molecular complexity index is 1150. The minimum atomic E-state index is -0.0526. The highest BCUT2D eigenvalue weighted by Crippen LogP contribution is 2.32. The van der Waals surface area contributed by atoms with Crippen molar-refractivity contribution < 1.29 is 4.79 Å². The molecule has 0 saturated heterocycles. The lowest BCUT2D eigenvalue weighted by atomic mass is 9.86. The number of aromatic amines is 1. The van der Waals surface area contributed by atoms with Gasteiger partial charge in [-0.3, -0.25) is 9.78 Å². The number of nitrogens with one attached hydrogen (secondary N) is 1. The van der Waals surface area contributed by atoms with Gasteiger partial charge in [-0.25, -0.2) is 0 Å². The molecule has 4 aromatic rings. The molecular weight excluding hydrogens is 435 g/mol. The third kappa shape index (κ3) is 2.82. The Hall–Kier alpha value is -2.21. The Morgan fingerprint density at radius 1 is 1.04 bits per heavy atom. The second-order valence-corrected chi connectivity index (χ2v) is 8.69. The summed E-state index contributed by atoms with van der Waals surface area (Å²) in [6, 6.07) is 16.0. The van der Waals surface area contributed by atoms with E-state index < -0.39 is 0 Å². The van der Waals surface area contributed by atoms with Crippen LogP contribution in [0.5, 0.6) is 0 Å². The summed E-state index contributed by atoms with van der Waals surface area (Å²) in [6.07, 6.45) is 1.72. The summed E-state index contributed by atoms with van der Waals surface area (Å²) in [5, 5.41) is 2.17. The second kappa shape index (κ2) is 6.20. The number of nitrogens with zero attached hydrogens (tertiary/aromatic N) is 1. The van der Waals surface area contributed by atoms with Crippen molar-refractivity contribution in [3.05, 3.63) is 75.1 Å². The minimum absolute atomic E-state index is 0.0526. The van der Waals surface area contributed by atoms with E-state index in [9.17, 15) is 4.79 Å². The maximum atomic E-state index is 13.1. The molecule has 0 fully saturated rings. The fraction of sp³-hybridized carbons (Fsp3) is 0.182. The third-order valence-corrected chi connectivity index (χ3v) is 5.66. The number of carbonyl (C=O) groups is 1. The van der Waals surface area contributed by atoms with Gasteiger partial charge in [-0.15, -0.1) is 0 Å². The monoisotopic (exact) mass is 454 g/mol. The normalized spacial score (nSPS) is 12.0. The van der Waals surface area contributed by atoms with E-state index in [-0.39, 0.29) is 11.2 Å². The molecule has 0 saturated carbocycles. The molecule has 0 spiro atoms. The number of H-pyrrole nitrogens is 1. The molecule has 0 aliphatic heterocycles. The van der Waals surface area contributed by atoms with Gasteiger partial charge < -0.3 is 4.98 Å². The Morgan fingerprint density at radius 3 is 2.54 bits per heavy atom. The van der Waals surface area contributed by atoms with Crippen LogP contribution in [0.3, 0.4) is 0 Å². The smallest absolute Gasteiger partial charge is 0.214 e. The summed E-state index contributed by atoms with van der Waals surface area (Å²) in [6.45, 7) is 6.62. The molecule has 2 heterocycles. The molecule has 0 unspecified atom stereocenters. The minimum Gasteiger partial charge on any atom is -0.353 e. The number of benzene rings is 2. The van der Waals surface area contributed by atoms with E-state index in [2.05, 4.69) is 71.5 Å². The van der Waals surface area contributed by atoms with Crippen molar-refractivity contribution in [2.75, 3.05) is 0 Å². The molecule has 130 valence electrons. The van der Waals surface area contributed by atoms with Crippen LogP contribution in [0.1, 0.15) is 42.4 Å². The van der Waals surface area contributed by atoms with Crippen molar-refractivity contribution in [2.24, 2.45) is 0 Å². The maximum Gasteiger partial charge on any atom is 0.214 e. The van der Waals surface area contributed by atoms with Crippen LogP contribution in [0.4, 0.5) is 0 Å². The molecule has 4 heteroatoms. The average Bonchev–Trinajstić information content (AvgIpc) is 2.98. The van der Waals surface area contributed by atoms with Gasteiger partial charge in [-0.2, -0.15) is 0 Å². The first-order valence-corrected chi connectivity index (χ1v) is 9.64. The molecule has 3 nitrogen and oxygen atoms in total. The highest BCUT2D eigenvalue weighted by atomic mass is 127. The van der Waals surface area contributed by atoms with E-state index in [1.54, 1.807) is 6.20 Å². The third-order valence-electron chi connectivity index (χ3n) is 4.72. The summed E-state index contributed by atoms with van der Waals surface area (Å²) < 4.78 is 0.931. The fourth-order valence-corrected chi connectivity index (χ4v) is 3.87.